The Hall–Kier alpha value is -1.26. The zero-order valence-electron chi connectivity index (χ0n) is 19.5. The fourth-order valence-electron chi connectivity index (χ4n) is 4.08. The van der Waals surface area contributed by atoms with Gasteiger partial charge in [-0.2, -0.15) is 0 Å². The third-order valence-corrected chi connectivity index (χ3v) is 5.88. The van der Waals surface area contributed by atoms with Crippen LogP contribution < -0.4 is 15.4 Å². The second-order valence-electron chi connectivity index (χ2n) is 7.66. The van der Waals surface area contributed by atoms with Crippen molar-refractivity contribution in [3.63, 3.8) is 0 Å². The molecule has 1 aromatic carbocycles. The predicted molar refractivity (Wildman–Crippen MR) is 138 cm³/mol. The van der Waals surface area contributed by atoms with Crippen LogP contribution in [0.2, 0.25) is 0 Å². The van der Waals surface area contributed by atoms with Gasteiger partial charge in [-0.3, -0.25) is 9.89 Å². The quantitative estimate of drug-likeness (QED) is 0.224. The molecule has 1 unspecified atom stereocenters. The smallest absolute Gasteiger partial charge is 0.191 e. The van der Waals surface area contributed by atoms with Crippen LogP contribution in [0.3, 0.4) is 0 Å². The summed E-state index contributed by atoms with van der Waals surface area (Å²) in [7, 11) is 1.57. The number of rotatable bonds is 11. The van der Waals surface area contributed by atoms with E-state index in [1.165, 1.54) is 0 Å². The van der Waals surface area contributed by atoms with E-state index in [9.17, 15) is 5.11 Å². The minimum Gasteiger partial charge on any atom is -0.504 e. The van der Waals surface area contributed by atoms with Gasteiger partial charge in [-0.05, 0) is 30.9 Å². The summed E-state index contributed by atoms with van der Waals surface area (Å²) in [5.41, 5.74) is 0.862. The number of phenolic OH excluding ortho intramolecular Hbond substituents is 1. The lowest BCUT2D eigenvalue weighted by atomic mass is 9.92. The highest BCUT2D eigenvalue weighted by atomic mass is 127. The largest absolute Gasteiger partial charge is 0.504 e. The van der Waals surface area contributed by atoms with E-state index in [1.54, 1.807) is 13.2 Å². The number of aromatic hydroxyl groups is 1. The van der Waals surface area contributed by atoms with Gasteiger partial charge in [0, 0.05) is 32.2 Å². The average Bonchev–Trinajstić information content (AvgIpc) is 2.78. The molecule has 1 aromatic rings. The van der Waals surface area contributed by atoms with Crippen molar-refractivity contribution < 1.29 is 14.6 Å². The Morgan fingerprint density at radius 1 is 1.19 bits per heavy atom. The third-order valence-electron chi connectivity index (χ3n) is 5.88. The molecule has 0 aliphatic carbocycles. The standard InChI is InChI=1S/C23H40N4O3.HI/c1-5-18(6-2)20(27-13-15-30-16-14-27)17-26-23(24-7-3)25-12-11-19-9-8-10-21(29-4)22(19)28;/h8-10,18,20,28H,5-7,11-17H2,1-4H3,(H2,24,25,26);1H. The van der Waals surface area contributed by atoms with Gasteiger partial charge in [0.2, 0.25) is 0 Å². The van der Waals surface area contributed by atoms with Crippen LogP contribution in [0, 0.1) is 5.92 Å². The molecule has 1 fully saturated rings. The molecular formula is C23H41IN4O3. The monoisotopic (exact) mass is 548 g/mol. The van der Waals surface area contributed by atoms with Crippen LogP contribution in [0.4, 0.5) is 0 Å². The Kier molecular flexibility index (Phi) is 13.9. The van der Waals surface area contributed by atoms with E-state index in [1.807, 2.05) is 12.1 Å². The van der Waals surface area contributed by atoms with Crippen LogP contribution in [0.25, 0.3) is 0 Å². The van der Waals surface area contributed by atoms with Crippen LogP contribution >= 0.6 is 24.0 Å². The number of methoxy groups -OCH3 is 1. The van der Waals surface area contributed by atoms with Gasteiger partial charge in [-0.25, -0.2) is 0 Å². The summed E-state index contributed by atoms with van der Waals surface area (Å²) in [5, 5.41) is 17.0. The van der Waals surface area contributed by atoms with E-state index in [2.05, 4.69) is 36.3 Å². The summed E-state index contributed by atoms with van der Waals surface area (Å²) in [6.45, 7) is 12.5. The number of benzene rings is 1. The summed E-state index contributed by atoms with van der Waals surface area (Å²) in [6, 6.07) is 6.02. The first-order valence-corrected chi connectivity index (χ1v) is 11.3. The molecule has 0 amide bonds. The van der Waals surface area contributed by atoms with Crippen molar-refractivity contribution in [2.24, 2.45) is 10.9 Å². The van der Waals surface area contributed by atoms with Crippen molar-refractivity contribution >= 4 is 29.9 Å². The van der Waals surface area contributed by atoms with Gasteiger partial charge in [0.25, 0.3) is 0 Å². The number of nitrogens with zero attached hydrogens (tertiary/aromatic N) is 2. The number of ether oxygens (including phenoxy) is 2. The lowest BCUT2D eigenvalue weighted by molar-refractivity contribution is 0.00395. The molecule has 0 aromatic heterocycles. The van der Waals surface area contributed by atoms with Gasteiger partial charge in [0.05, 0.1) is 26.9 Å². The first-order chi connectivity index (χ1) is 14.6. The number of morpholine rings is 1. The number of halogens is 1. The number of guanidine groups is 1. The number of hydrogen-bond acceptors (Lipinski definition) is 5. The maximum atomic E-state index is 10.3. The third kappa shape index (κ3) is 8.65. The zero-order chi connectivity index (χ0) is 21.8. The fourth-order valence-corrected chi connectivity index (χ4v) is 4.08. The molecule has 0 saturated carbocycles. The van der Waals surface area contributed by atoms with E-state index in [0.29, 0.717) is 30.7 Å². The van der Waals surface area contributed by atoms with E-state index in [4.69, 9.17) is 14.5 Å². The SMILES string of the molecule is CCNC(=NCC(C(CC)CC)N1CCOCC1)NCCc1cccc(OC)c1O.I. The second-order valence-corrected chi connectivity index (χ2v) is 7.66. The van der Waals surface area contributed by atoms with Gasteiger partial charge in [0.1, 0.15) is 0 Å². The highest BCUT2D eigenvalue weighted by Crippen LogP contribution is 2.29. The number of phenols is 1. The molecule has 1 heterocycles. The Labute approximate surface area is 205 Å². The number of para-hydroxylation sites is 1. The summed E-state index contributed by atoms with van der Waals surface area (Å²) in [6.07, 6.45) is 3.01. The fraction of sp³-hybridized carbons (Fsp3) is 0.696. The molecule has 7 nitrogen and oxygen atoms in total. The minimum atomic E-state index is 0. The summed E-state index contributed by atoms with van der Waals surface area (Å²) >= 11 is 0. The maximum Gasteiger partial charge on any atom is 0.191 e. The highest BCUT2D eigenvalue weighted by Gasteiger charge is 2.26. The molecule has 178 valence electrons. The van der Waals surface area contributed by atoms with Gasteiger partial charge in [0.15, 0.2) is 17.5 Å². The summed E-state index contributed by atoms with van der Waals surface area (Å²) < 4.78 is 10.7. The average molecular weight is 549 g/mol. The lowest BCUT2D eigenvalue weighted by Crippen LogP contribution is -2.49. The molecule has 2 rings (SSSR count). The van der Waals surface area contributed by atoms with Crippen LogP contribution in [0.5, 0.6) is 11.5 Å². The molecule has 1 saturated heterocycles. The Bertz CT molecular complexity index is 650. The van der Waals surface area contributed by atoms with Crippen molar-refractivity contribution in [1.82, 2.24) is 15.5 Å². The van der Waals surface area contributed by atoms with Crippen molar-refractivity contribution in [3.05, 3.63) is 23.8 Å². The lowest BCUT2D eigenvalue weighted by Gasteiger charge is -2.38. The van der Waals surface area contributed by atoms with Gasteiger partial charge < -0.3 is 25.2 Å². The molecular weight excluding hydrogens is 507 g/mol. The molecule has 8 heteroatoms. The van der Waals surface area contributed by atoms with Crippen molar-refractivity contribution in [2.45, 2.75) is 46.1 Å². The molecule has 1 aliphatic rings. The van der Waals surface area contributed by atoms with E-state index in [-0.39, 0.29) is 29.7 Å². The second kappa shape index (κ2) is 15.5. The Morgan fingerprint density at radius 2 is 1.90 bits per heavy atom. The highest BCUT2D eigenvalue weighted by molar-refractivity contribution is 14.0. The molecule has 1 aliphatic heterocycles. The Morgan fingerprint density at radius 3 is 2.52 bits per heavy atom. The first-order valence-electron chi connectivity index (χ1n) is 11.3. The normalized spacial score (nSPS) is 16.0. The van der Waals surface area contributed by atoms with Gasteiger partial charge in [-0.15, -0.1) is 24.0 Å². The molecule has 0 radical (unpaired) electrons. The number of nitrogens with one attached hydrogen (secondary N) is 2. The Balaban J connectivity index is 0.00000480. The van der Waals surface area contributed by atoms with Crippen LogP contribution in [0.15, 0.2) is 23.2 Å². The molecule has 0 bridgehead atoms. The predicted octanol–water partition coefficient (Wildman–Crippen LogP) is 3.25. The molecule has 3 N–H and O–H groups in total. The summed E-state index contributed by atoms with van der Waals surface area (Å²) in [4.78, 5) is 7.46. The van der Waals surface area contributed by atoms with Gasteiger partial charge >= 0.3 is 0 Å². The topological polar surface area (TPSA) is 78.4 Å². The van der Waals surface area contributed by atoms with Crippen molar-refractivity contribution in [1.29, 1.82) is 0 Å². The summed E-state index contributed by atoms with van der Waals surface area (Å²) in [5.74, 6) is 2.17. The number of hydrogen-bond donors (Lipinski definition) is 3. The molecule has 31 heavy (non-hydrogen) atoms. The van der Waals surface area contributed by atoms with Crippen molar-refractivity contribution in [2.75, 3.05) is 53.0 Å². The van der Waals surface area contributed by atoms with Crippen LogP contribution in [0.1, 0.15) is 39.2 Å². The van der Waals surface area contributed by atoms with E-state index >= 15 is 0 Å². The number of aliphatic imine (C=N–C) groups is 1. The van der Waals surface area contributed by atoms with E-state index < -0.39 is 0 Å². The molecule has 1 atom stereocenters. The van der Waals surface area contributed by atoms with E-state index in [0.717, 1.165) is 63.8 Å². The molecule has 0 spiro atoms. The van der Waals surface area contributed by atoms with Crippen molar-refractivity contribution in [3.8, 4) is 11.5 Å². The minimum absolute atomic E-state index is 0. The maximum absolute atomic E-state index is 10.3. The van der Waals surface area contributed by atoms with Crippen LogP contribution in [-0.2, 0) is 11.2 Å². The first kappa shape index (κ1) is 27.8. The zero-order valence-corrected chi connectivity index (χ0v) is 21.9. The van der Waals surface area contributed by atoms with Gasteiger partial charge in [-0.1, -0.05) is 38.8 Å². The van der Waals surface area contributed by atoms with Crippen LogP contribution in [-0.4, -0.2) is 75.1 Å².